The van der Waals surface area contributed by atoms with E-state index in [1.807, 2.05) is 19.9 Å². The highest BCUT2D eigenvalue weighted by Gasteiger charge is 2.13. The molecular formula is C22H20N2O3. The molecule has 3 aromatic carbocycles. The first-order chi connectivity index (χ1) is 12.9. The number of carbonyl (C=O) groups excluding carboxylic acids is 2. The number of nitrogens with one attached hydrogen (secondary N) is 2. The number of rotatable bonds is 4. The van der Waals surface area contributed by atoms with Gasteiger partial charge in [0.2, 0.25) is 0 Å². The lowest BCUT2D eigenvalue weighted by molar-refractivity contribution is 0.101. The zero-order valence-electron chi connectivity index (χ0n) is 15.1. The molecule has 27 heavy (non-hydrogen) atoms. The first kappa shape index (κ1) is 18.2. The van der Waals surface area contributed by atoms with Crippen LogP contribution < -0.4 is 10.6 Å². The molecule has 5 heteroatoms. The molecule has 2 amide bonds. The lowest BCUT2D eigenvalue weighted by atomic mass is 10.1. The number of amides is 2. The standard InChI is InChI=1S/C22H20N2O3/c1-14-8-11-20(25)19(12-14)24-22(27)17-10-9-15(2)18(13-17)23-21(26)16-6-4-3-5-7-16/h3-13,25H,1-2H3,(H,23,26)(H,24,27). The number of aromatic hydroxyl groups is 1. The molecule has 0 heterocycles. The van der Waals surface area contributed by atoms with E-state index < -0.39 is 0 Å². The third kappa shape index (κ3) is 4.33. The minimum Gasteiger partial charge on any atom is -0.506 e. The van der Waals surface area contributed by atoms with Crippen molar-refractivity contribution in [2.24, 2.45) is 0 Å². The molecule has 3 N–H and O–H groups in total. The van der Waals surface area contributed by atoms with Gasteiger partial charge in [0.15, 0.2) is 0 Å². The van der Waals surface area contributed by atoms with E-state index in [4.69, 9.17) is 0 Å². The van der Waals surface area contributed by atoms with Crippen molar-refractivity contribution < 1.29 is 14.7 Å². The van der Waals surface area contributed by atoms with Crippen LogP contribution in [-0.4, -0.2) is 16.9 Å². The first-order valence-corrected chi connectivity index (χ1v) is 8.52. The molecule has 0 bridgehead atoms. The highest BCUT2D eigenvalue weighted by atomic mass is 16.3. The number of benzene rings is 3. The summed E-state index contributed by atoms with van der Waals surface area (Å²) in [6.45, 7) is 3.73. The molecule has 3 aromatic rings. The predicted molar refractivity (Wildman–Crippen MR) is 106 cm³/mol. The van der Waals surface area contributed by atoms with Gasteiger partial charge in [-0.25, -0.2) is 0 Å². The van der Waals surface area contributed by atoms with E-state index in [1.54, 1.807) is 54.6 Å². The average Bonchev–Trinajstić information content (AvgIpc) is 2.67. The van der Waals surface area contributed by atoms with Gasteiger partial charge < -0.3 is 15.7 Å². The quantitative estimate of drug-likeness (QED) is 0.599. The van der Waals surface area contributed by atoms with Crippen LogP contribution in [0.5, 0.6) is 5.75 Å². The maximum Gasteiger partial charge on any atom is 0.255 e. The van der Waals surface area contributed by atoms with Gasteiger partial charge in [0, 0.05) is 16.8 Å². The molecule has 0 saturated carbocycles. The Morgan fingerprint density at radius 1 is 0.741 bits per heavy atom. The summed E-state index contributed by atoms with van der Waals surface area (Å²) in [5.41, 5.74) is 3.58. The van der Waals surface area contributed by atoms with Crippen molar-refractivity contribution in [2.45, 2.75) is 13.8 Å². The molecule has 0 aliphatic heterocycles. The van der Waals surface area contributed by atoms with Crippen LogP contribution in [0.25, 0.3) is 0 Å². The van der Waals surface area contributed by atoms with Crippen LogP contribution in [0.15, 0.2) is 66.7 Å². The van der Waals surface area contributed by atoms with E-state index in [9.17, 15) is 14.7 Å². The summed E-state index contributed by atoms with van der Waals surface area (Å²) < 4.78 is 0. The van der Waals surface area contributed by atoms with Crippen LogP contribution in [0.3, 0.4) is 0 Å². The van der Waals surface area contributed by atoms with Crippen molar-refractivity contribution >= 4 is 23.2 Å². The monoisotopic (exact) mass is 360 g/mol. The molecule has 5 nitrogen and oxygen atoms in total. The van der Waals surface area contributed by atoms with Crippen LogP contribution >= 0.6 is 0 Å². The zero-order chi connectivity index (χ0) is 19.4. The number of phenolic OH excluding ortho intramolecular Hbond substituents is 1. The number of hydrogen-bond donors (Lipinski definition) is 3. The zero-order valence-corrected chi connectivity index (χ0v) is 15.1. The molecule has 0 saturated heterocycles. The molecule has 0 aliphatic carbocycles. The number of anilines is 2. The van der Waals surface area contributed by atoms with E-state index in [0.29, 0.717) is 22.5 Å². The van der Waals surface area contributed by atoms with Crippen molar-refractivity contribution in [1.82, 2.24) is 0 Å². The van der Waals surface area contributed by atoms with E-state index in [1.165, 1.54) is 6.07 Å². The molecule has 0 spiro atoms. The average molecular weight is 360 g/mol. The normalized spacial score (nSPS) is 10.3. The summed E-state index contributed by atoms with van der Waals surface area (Å²) >= 11 is 0. The molecular weight excluding hydrogens is 340 g/mol. The number of carbonyl (C=O) groups is 2. The van der Waals surface area contributed by atoms with Gasteiger partial charge in [0.05, 0.1) is 5.69 Å². The highest BCUT2D eigenvalue weighted by Crippen LogP contribution is 2.25. The Morgan fingerprint density at radius 3 is 2.15 bits per heavy atom. The minimum absolute atomic E-state index is 0.00124. The maximum atomic E-state index is 12.6. The molecule has 0 aliphatic rings. The Morgan fingerprint density at radius 2 is 1.41 bits per heavy atom. The minimum atomic E-state index is -0.369. The fourth-order valence-electron chi connectivity index (χ4n) is 2.63. The Balaban J connectivity index is 1.81. The first-order valence-electron chi connectivity index (χ1n) is 8.52. The smallest absolute Gasteiger partial charge is 0.255 e. The van der Waals surface area contributed by atoms with Crippen molar-refractivity contribution in [3.63, 3.8) is 0 Å². The van der Waals surface area contributed by atoms with Gasteiger partial charge in [-0.15, -0.1) is 0 Å². The Kier molecular flexibility index (Phi) is 5.22. The van der Waals surface area contributed by atoms with E-state index >= 15 is 0 Å². The number of hydrogen-bond acceptors (Lipinski definition) is 3. The summed E-state index contributed by atoms with van der Waals surface area (Å²) in [5, 5.41) is 15.4. The summed E-state index contributed by atoms with van der Waals surface area (Å²) in [6, 6.07) is 18.9. The second-order valence-electron chi connectivity index (χ2n) is 6.32. The van der Waals surface area contributed by atoms with Crippen LogP contribution in [0, 0.1) is 13.8 Å². The van der Waals surface area contributed by atoms with Gasteiger partial charge >= 0.3 is 0 Å². The summed E-state index contributed by atoms with van der Waals surface area (Å²) in [6.07, 6.45) is 0. The van der Waals surface area contributed by atoms with Crippen LogP contribution in [0.4, 0.5) is 11.4 Å². The summed E-state index contributed by atoms with van der Waals surface area (Å²) in [4.78, 5) is 24.9. The molecule has 0 fully saturated rings. The van der Waals surface area contributed by atoms with E-state index in [-0.39, 0.29) is 17.6 Å². The molecule has 0 unspecified atom stereocenters. The van der Waals surface area contributed by atoms with E-state index in [0.717, 1.165) is 11.1 Å². The van der Waals surface area contributed by atoms with Crippen LogP contribution in [0.1, 0.15) is 31.8 Å². The van der Waals surface area contributed by atoms with E-state index in [2.05, 4.69) is 10.6 Å². The number of aryl methyl sites for hydroxylation is 2. The molecule has 136 valence electrons. The second kappa shape index (κ2) is 7.74. The largest absolute Gasteiger partial charge is 0.506 e. The topological polar surface area (TPSA) is 78.4 Å². The SMILES string of the molecule is Cc1ccc(O)c(NC(=O)c2ccc(C)c(NC(=O)c3ccccc3)c2)c1. The molecule has 0 radical (unpaired) electrons. The van der Waals surface area contributed by atoms with Gasteiger partial charge in [0.1, 0.15) is 5.75 Å². The Hall–Kier alpha value is -3.60. The maximum absolute atomic E-state index is 12.6. The van der Waals surface area contributed by atoms with Crippen molar-refractivity contribution in [3.05, 3.63) is 89.0 Å². The summed E-state index contributed by atoms with van der Waals surface area (Å²) in [5.74, 6) is -0.614. The third-order valence-electron chi connectivity index (χ3n) is 4.18. The van der Waals surface area contributed by atoms with Crippen LogP contribution in [-0.2, 0) is 0 Å². The second-order valence-corrected chi connectivity index (χ2v) is 6.32. The van der Waals surface area contributed by atoms with Gasteiger partial charge in [0.25, 0.3) is 11.8 Å². The van der Waals surface area contributed by atoms with Gasteiger partial charge in [-0.05, 0) is 61.4 Å². The Labute approximate surface area is 157 Å². The van der Waals surface area contributed by atoms with Gasteiger partial charge in [-0.3, -0.25) is 9.59 Å². The predicted octanol–water partition coefficient (Wildman–Crippen LogP) is 4.51. The molecule has 0 atom stereocenters. The van der Waals surface area contributed by atoms with Crippen LogP contribution in [0.2, 0.25) is 0 Å². The fourth-order valence-corrected chi connectivity index (χ4v) is 2.63. The van der Waals surface area contributed by atoms with Crippen molar-refractivity contribution in [2.75, 3.05) is 10.6 Å². The highest BCUT2D eigenvalue weighted by molar-refractivity contribution is 6.08. The Bertz CT molecular complexity index is 998. The lowest BCUT2D eigenvalue weighted by Gasteiger charge is -2.12. The van der Waals surface area contributed by atoms with Crippen molar-refractivity contribution in [3.8, 4) is 5.75 Å². The fraction of sp³-hybridized carbons (Fsp3) is 0.0909. The van der Waals surface area contributed by atoms with Crippen molar-refractivity contribution in [1.29, 1.82) is 0 Å². The third-order valence-corrected chi connectivity index (χ3v) is 4.18. The number of phenols is 1. The van der Waals surface area contributed by atoms with Gasteiger partial charge in [-0.1, -0.05) is 30.3 Å². The lowest BCUT2D eigenvalue weighted by Crippen LogP contribution is -2.15. The summed E-state index contributed by atoms with van der Waals surface area (Å²) in [7, 11) is 0. The molecule has 3 rings (SSSR count). The molecule has 0 aromatic heterocycles. The van der Waals surface area contributed by atoms with Gasteiger partial charge in [-0.2, -0.15) is 0 Å².